The van der Waals surface area contributed by atoms with E-state index in [1.54, 1.807) is 19.4 Å². The van der Waals surface area contributed by atoms with Crippen LogP contribution in [0.1, 0.15) is 25.7 Å². The van der Waals surface area contributed by atoms with Gasteiger partial charge in [-0.05, 0) is 38.9 Å². The molecular weight excluding hydrogens is 270 g/mol. The van der Waals surface area contributed by atoms with Crippen LogP contribution in [0.25, 0.3) is 0 Å². The Morgan fingerprint density at radius 3 is 2.76 bits per heavy atom. The zero-order valence-corrected chi connectivity index (χ0v) is 12.5. The summed E-state index contributed by atoms with van der Waals surface area (Å²) >= 11 is 0. The van der Waals surface area contributed by atoms with Crippen molar-refractivity contribution in [2.45, 2.75) is 32.2 Å². The van der Waals surface area contributed by atoms with E-state index in [2.05, 4.69) is 20.6 Å². The van der Waals surface area contributed by atoms with Gasteiger partial charge >= 0.3 is 0 Å². The van der Waals surface area contributed by atoms with Crippen molar-refractivity contribution in [1.82, 2.24) is 20.0 Å². The maximum absolute atomic E-state index is 11.8. The van der Waals surface area contributed by atoms with Crippen LogP contribution in [0.2, 0.25) is 0 Å². The molecule has 2 heterocycles. The lowest BCUT2D eigenvalue weighted by Crippen LogP contribution is -2.23. The van der Waals surface area contributed by atoms with Crippen molar-refractivity contribution >= 4 is 17.5 Å². The van der Waals surface area contributed by atoms with E-state index in [1.165, 1.54) is 17.5 Å². The third kappa shape index (κ3) is 5.18. The summed E-state index contributed by atoms with van der Waals surface area (Å²) in [6.45, 7) is 3.46. The van der Waals surface area contributed by atoms with Crippen molar-refractivity contribution in [3.05, 3.63) is 12.4 Å². The van der Waals surface area contributed by atoms with Crippen molar-refractivity contribution < 1.29 is 9.59 Å². The number of rotatable bonds is 7. The lowest BCUT2D eigenvalue weighted by molar-refractivity contribution is -0.121. The molecule has 1 saturated heterocycles. The minimum Gasteiger partial charge on any atom is -0.358 e. The average Bonchev–Trinajstić information content (AvgIpc) is 3.11. The summed E-state index contributed by atoms with van der Waals surface area (Å²) in [5.41, 5.74) is 0.630. The first-order chi connectivity index (χ1) is 10.2. The van der Waals surface area contributed by atoms with Crippen molar-refractivity contribution in [2.75, 3.05) is 32.0 Å². The Morgan fingerprint density at radius 1 is 1.29 bits per heavy atom. The molecule has 0 saturated carbocycles. The highest BCUT2D eigenvalue weighted by Gasteiger charge is 2.12. The highest BCUT2D eigenvalue weighted by Crippen LogP contribution is 2.09. The molecule has 1 aliphatic heterocycles. The standard InChI is InChI=1S/C14H23N5O2/c1-15-14(21)11-19-10-12(9-16-19)17-13(20)5-4-8-18-6-2-3-7-18/h9-10H,2-8,11H2,1H3,(H,15,21)(H,17,20). The van der Waals surface area contributed by atoms with Gasteiger partial charge in [0.15, 0.2) is 0 Å². The van der Waals surface area contributed by atoms with Gasteiger partial charge in [0.1, 0.15) is 6.54 Å². The van der Waals surface area contributed by atoms with Gasteiger partial charge in [-0.2, -0.15) is 5.10 Å². The van der Waals surface area contributed by atoms with E-state index in [0.29, 0.717) is 12.1 Å². The number of carbonyl (C=O) groups is 2. The maximum atomic E-state index is 11.8. The molecule has 0 aliphatic carbocycles. The van der Waals surface area contributed by atoms with Crippen LogP contribution in [0.15, 0.2) is 12.4 Å². The second kappa shape index (κ2) is 7.78. The molecule has 2 N–H and O–H groups in total. The van der Waals surface area contributed by atoms with Gasteiger partial charge in [-0.3, -0.25) is 14.3 Å². The number of hydrogen-bond donors (Lipinski definition) is 2. The number of amides is 2. The smallest absolute Gasteiger partial charge is 0.241 e. The topological polar surface area (TPSA) is 79.3 Å². The van der Waals surface area contributed by atoms with Crippen LogP contribution in [0, 0.1) is 0 Å². The van der Waals surface area contributed by atoms with E-state index in [1.807, 2.05) is 0 Å². The molecule has 2 amide bonds. The fraction of sp³-hybridized carbons (Fsp3) is 0.643. The number of nitrogens with zero attached hydrogens (tertiary/aromatic N) is 3. The Balaban J connectivity index is 1.68. The second-order valence-electron chi connectivity index (χ2n) is 5.30. The molecule has 0 atom stereocenters. The average molecular weight is 293 g/mol. The van der Waals surface area contributed by atoms with E-state index >= 15 is 0 Å². The highest BCUT2D eigenvalue weighted by atomic mass is 16.2. The Morgan fingerprint density at radius 2 is 2.05 bits per heavy atom. The molecule has 0 unspecified atom stereocenters. The Kier molecular flexibility index (Phi) is 5.74. The SMILES string of the molecule is CNC(=O)Cn1cc(NC(=O)CCCN2CCCC2)cn1. The molecular formula is C14H23N5O2. The molecule has 1 aromatic rings. The number of nitrogens with one attached hydrogen (secondary N) is 2. The summed E-state index contributed by atoms with van der Waals surface area (Å²) in [6, 6.07) is 0. The molecule has 1 aromatic heterocycles. The molecule has 0 bridgehead atoms. The Hall–Kier alpha value is -1.89. The van der Waals surface area contributed by atoms with E-state index < -0.39 is 0 Å². The summed E-state index contributed by atoms with van der Waals surface area (Å²) in [5.74, 6) is -0.129. The van der Waals surface area contributed by atoms with Gasteiger partial charge in [0, 0.05) is 19.7 Å². The molecule has 2 rings (SSSR count). The fourth-order valence-electron chi connectivity index (χ4n) is 2.43. The summed E-state index contributed by atoms with van der Waals surface area (Å²) in [6.07, 6.45) is 7.15. The lowest BCUT2D eigenvalue weighted by atomic mass is 10.3. The summed E-state index contributed by atoms with van der Waals surface area (Å²) < 4.78 is 1.50. The first-order valence-electron chi connectivity index (χ1n) is 7.42. The number of likely N-dealkylation sites (tertiary alicyclic amines) is 1. The van der Waals surface area contributed by atoms with Crippen LogP contribution < -0.4 is 10.6 Å². The van der Waals surface area contributed by atoms with Crippen LogP contribution in [-0.2, 0) is 16.1 Å². The lowest BCUT2D eigenvalue weighted by Gasteiger charge is -2.13. The minimum absolute atomic E-state index is 0.00584. The summed E-state index contributed by atoms with van der Waals surface area (Å²) in [4.78, 5) is 25.4. The third-order valence-corrected chi connectivity index (χ3v) is 3.58. The van der Waals surface area contributed by atoms with E-state index in [0.717, 1.165) is 26.1 Å². The van der Waals surface area contributed by atoms with Crippen LogP contribution in [-0.4, -0.2) is 53.2 Å². The van der Waals surface area contributed by atoms with Gasteiger partial charge in [-0.15, -0.1) is 0 Å². The molecule has 7 nitrogen and oxygen atoms in total. The van der Waals surface area contributed by atoms with Gasteiger partial charge in [0.05, 0.1) is 11.9 Å². The van der Waals surface area contributed by atoms with Crippen LogP contribution in [0.3, 0.4) is 0 Å². The maximum Gasteiger partial charge on any atom is 0.241 e. The van der Waals surface area contributed by atoms with Crippen LogP contribution in [0.4, 0.5) is 5.69 Å². The number of anilines is 1. The quantitative estimate of drug-likeness (QED) is 0.765. The molecule has 1 aliphatic rings. The second-order valence-corrected chi connectivity index (χ2v) is 5.30. The first-order valence-corrected chi connectivity index (χ1v) is 7.42. The summed E-state index contributed by atoms with van der Waals surface area (Å²) in [7, 11) is 1.58. The molecule has 0 aromatic carbocycles. The molecule has 0 spiro atoms. The molecule has 116 valence electrons. The molecule has 1 fully saturated rings. The zero-order chi connectivity index (χ0) is 15.1. The normalized spacial score (nSPS) is 15.1. The van der Waals surface area contributed by atoms with Gasteiger partial charge < -0.3 is 15.5 Å². The Labute approximate surface area is 124 Å². The fourth-order valence-corrected chi connectivity index (χ4v) is 2.43. The minimum atomic E-state index is -0.124. The Bertz CT molecular complexity index is 479. The third-order valence-electron chi connectivity index (χ3n) is 3.58. The first kappa shape index (κ1) is 15.5. The van der Waals surface area contributed by atoms with Crippen molar-refractivity contribution in [2.24, 2.45) is 0 Å². The van der Waals surface area contributed by atoms with E-state index in [9.17, 15) is 9.59 Å². The highest BCUT2D eigenvalue weighted by molar-refractivity contribution is 5.90. The van der Waals surface area contributed by atoms with Gasteiger partial charge in [0.25, 0.3) is 0 Å². The van der Waals surface area contributed by atoms with E-state index in [4.69, 9.17) is 0 Å². The van der Waals surface area contributed by atoms with Crippen LogP contribution >= 0.6 is 0 Å². The predicted octanol–water partition coefficient (Wildman–Crippen LogP) is 0.444. The molecule has 21 heavy (non-hydrogen) atoms. The van der Waals surface area contributed by atoms with Crippen molar-refractivity contribution in [3.63, 3.8) is 0 Å². The number of likely N-dealkylation sites (N-methyl/N-ethyl adjacent to an activating group) is 1. The summed E-state index contributed by atoms with van der Waals surface area (Å²) in [5, 5.41) is 9.37. The van der Waals surface area contributed by atoms with E-state index in [-0.39, 0.29) is 18.4 Å². The molecule has 7 heteroatoms. The number of carbonyl (C=O) groups excluding carboxylic acids is 2. The zero-order valence-electron chi connectivity index (χ0n) is 12.5. The monoisotopic (exact) mass is 293 g/mol. The number of hydrogen-bond acceptors (Lipinski definition) is 4. The predicted molar refractivity (Wildman–Crippen MR) is 79.8 cm³/mol. The van der Waals surface area contributed by atoms with Crippen LogP contribution in [0.5, 0.6) is 0 Å². The molecule has 0 radical (unpaired) electrons. The van der Waals surface area contributed by atoms with Gasteiger partial charge in [0.2, 0.25) is 11.8 Å². The van der Waals surface area contributed by atoms with Crippen molar-refractivity contribution in [3.8, 4) is 0 Å². The van der Waals surface area contributed by atoms with Crippen molar-refractivity contribution in [1.29, 1.82) is 0 Å². The largest absolute Gasteiger partial charge is 0.358 e. The number of aromatic nitrogens is 2. The van der Waals surface area contributed by atoms with Gasteiger partial charge in [-0.25, -0.2) is 0 Å². The van der Waals surface area contributed by atoms with Gasteiger partial charge in [-0.1, -0.05) is 0 Å².